The predicted octanol–water partition coefficient (Wildman–Crippen LogP) is 3.33. The van der Waals surface area contributed by atoms with Gasteiger partial charge in [-0.25, -0.2) is 0 Å². The molecule has 0 fully saturated rings. The van der Waals surface area contributed by atoms with Crippen molar-refractivity contribution in [1.82, 2.24) is 4.90 Å². The van der Waals surface area contributed by atoms with Crippen molar-refractivity contribution in [2.45, 2.75) is 53.4 Å². The molecule has 0 amide bonds. The van der Waals surface area contributed by atoms with Crippen molar-refractivity contribution in [2.75, 3.05) is 19.6 Å². The second-order valence-corrected chi connectivity index (χ2v) is 3.72. The molecule has 0 N–H and O–H groups in total. The maximum absolute atomic E-state index is 4.58. The quantitative estimate of drug-likeness (QED) is 0.348. The first-order chi connectivity index (χ1) is 6.76. The van der Waals surface area contributed by atoms with Gasteiger partial charge < -0.3 is 4.90 Å². The first-order valence-electron chi connectivity index (χ1n) is 6.02. The van der Waals surface area contributed by atoms with Gasteiger partial charge in [0.15, 0.2) is 0 Å². The van der Waals surface area contributed by atoms with Gasteiger partial charge in [0.1, 0.15) is 0 Å². The number of rotatable bonds is 7. The fourth-order valence-corrected chi connectivity index (χ4v) is 1.40. The summed E-state index contributed by atoms with van der Waals surface area (Å²) in [6.07, 6.45) is 4.98. The van der Waals surface area contributed by atoms with Crippen LogP contribution in [0.2, 0.25) is 0 Å². The number of hydrogen-bond donors (Lipinski definition) is 0. The van der Waals surface area contributed by atoms with E-state index in [4.69, 9.17) is 0 Å². The van der Waals surface area contributed by atoms with E-state index < -0.39 is 0 Å². The van der Waals surface area contributed by atoms with Crippen molar-refractivity contribution in [1.29, 1.82) is 0 Å². The van der Waals surface area contributed by atoms with Crippen LogP contribution in [0.3, 0.4) is 0 Å². The van der Waals surface area contributed by atoms with Crippen molar-refractivity contribution in [3.05, 3.63) is 0 Å². The van der Waals surface area contributed by atoms with Gasteiger partial charge in [0.05, 0.1) is 5.84 Å². The lowest BCUT2D eigenvalue weighted by Gasteiger charge is -2.22. The number of nitrogens with zero attached hydrogens (tertiary/aromatic N) is 2. The third-order valence-corrected chi connectivity index (χ3v) is 2.47. The minimum absolute atomic E-state index is 0.991. The minimum Gasteiger partial charge on any atom is -0.361 e. The van der Waals surface area contributed by atoms with Crippen molar-refractivity contribution in [3.63, 3.8) is 0 Å². The Kier molecular flexibility index (Phi) is 8.70. The Labute approximate surface area is 89.4 Å². The van der Waals surface area contributed by atoms with Crippen LogP contribution in [0.15, 0.2) is 4.99 Å². The zero-order valence-corrected chi connectivity index (χ0v) is 10.3. The summed E-state index contributed by atoms with van der Waals surface area (Å²) in [5.41, 5.74) is 0. The Hall–Kier alpha value is -0.530. The van der Waals surface area contributed by atoms with Crippen LogP contribution in [-0.2, 0) is 0 Å². The van der Waals surface area contributed by atoms with Crippen LogP contribution >= 0.6 is 0 Å². The van der Waals surface area contributed by atoms with Gasteiger partial charge in [-0.1, -0.05) is 26.7 Å². The SMILES string of the molecule is CCCC/N=C(\C)N(CC)CCCC. The summed E-state index contributed by atoms with van der Waals surface area (Å²) in [6.45, 7) is 12.0. The highest BCUT2D eigenvalue weighted by atomic mass is 15.2. The first kappa shape index (κ1) is 13.5. The monoisotopic (exact) mass is 198 g/mol. The molecule has 0 heterocycles. The van der Waals surface area contributed by atoms with E-state index in [9.17, 15) is 0 Å². The van der Waals surface area contributed by atoms with Gasteiger partial charge in [-0.3, -0.25) is 4.99 Å². The van der Waals surface area contributed by atoms with Crippen LogP contribution in [0.5, 0.6) is 0 Å². The average Bonchev–Trinajstić information content (AvgIpc) is 2.19. The van der Waals surface area contributed by atoms with Gasteiger partial charge in [0.2, 0.25) is 0 Å². The summed E-state index contributed by atoms with van der Waals surface area (Å²) in [6, 6.07) is 0. The molecule has 2 nitrogen and oxygen atoms in total. The van der Waals surface area contributed by atoms with Crippen molar-refractivity contribution < 1.29 is 0 Å². The number of unbranched alkanes of at least 4 members (excludes halogenated alkanes) is 2. The Morgan fingerprint density at radius 3 is 2.21 bits per heavy atom. The molecule has 0 rings (SSSR count). The Balaban J connectivity index is 3.88. The van der Waals surface area contributed by atoms with E-state index in [-0.39, 0.29) is 0 Å². The third kappa shape index (κ3) is 6.01. The van der Waals surface area contributed by atoms with Crippen molar-refractivity contribution >= 4 is 5.84 Å². The van der Waals surface area contributed by atoms with Crippen molar-refractivity contribution in [3.8, 4) is 0 Å². The highest BCUT2D eigenvalue weighted by molar-refractivity contribution is 5.79. The zero-order valence-electron chi connectivity index (χ0n) is 10.3. The van der Waals surface area contributed by atoms with Crippen LogP contribution in [-0.4, -0.2) is 30.4 Å². The second kappa shape index (κ2) is 9.04. The summed E-state index contributed by atoms with van der Waals surface area (Å²) in [4.78, 5) is 6.95. The van der Waals surface area contributed by atoms with Gasteiger partial charge in [-0.15, -0.1) is 0 Å². The normalized spacial score (nSPS) is 11.9. The van der Waals surface area contributed by atoms with Crippen LogP contribution in [0.4, 0.5) is 0 Å². The molecular weight excluding hydrogens is 172 g/mol. The van der Waals surface area contributed by atoms with E-state index in [0.29, 0.717) is 0 Å². The summed E-state index contributed by atoms with van der Waals surface area (Å²) >= 11 is 0. The van der Waals surface area contributed by atoms with Gasteiger partial charge in [0.25, 0.3) is 0 Å². The summed E-state index contributed by atoms with van der Waals surface area (Å²) in [5, 5.41) is 0. The molecule has 14 heavy (non-hydrogen) atoms. The molecule has 0 aromatic rings. The molecule has 0 aliphatic carbocycles. The van der Waals surface area contributed by atoms with E-state index in [1.807, 2.05) is 0 Å². The molecule has 0 aromatic carbocycles. The van der Waals surface area contributed by atoms with Crippen molar-refractivity contribution in [2.24, 2.45) is 4.99 Å². The minimum atomic E-state index is 0.991. The highest BCUT2D eigenvalue weighted by Crippen LogP contribution is 1.98. The lowest BCUT2D eigenvalue weighted by molar-refractivity contribution is 0.424. The first-order valence-corrected chi connectivity index (χ1v) is 6.02. The fourth-order valence-electron chi connectivity index (χ4n) is 1.40. The van der Waals surface area contributed by atoms with E-state index in [1.165, 1.54) is 31.5 Å². The maximum atomic E-state index is 4.58. The molecule has 0 saturated heterocycles. The molecule has 0 aliphatic rings. The fraction of sp³-hybridized carbons (Fsp3) is 0.917. The second-order valence-electron chi connectivity index (χ2n) is 3.72. The molecule has 0 bridgehead atoms. The average molecular weight is 198 g/mol. The standard InChI is InChI=1S/C12H26N2/c1-5-8-10-13-12(4)14(7-3)11-9-6-2/h5-11H2,1-4H3/b13-12+. The molecule has 0 aromatic heterocycles. The Morgan fingerprint density at radius 1 is 1.07 bits per heavy atom. The summed E-state index contributed by atoms with van der Waals surface area (Å²) < 4.78 is 0. The third-order valence-electron chi connectivity index (χ3n) is 2.47. The molecule has 0 radical (unpaired) electrons. The Bertz CT molecular complexity index is 152. The lowest BCUT2D eigenvalue weighted by atomic mass is 10.3. The largest absolute Gasteiger partial charge is 0.361 e. The van der Waals surface area contributed by atoms with E-state index >= 15 is 0 Å². The van der Waals surface area contributed by atoms with Crippen LogP contribution in [0.25, 0.3) is 0 Å². The van der Waals surface area contributed by atoms with Crippen LogP contribution < -0.4 is 0 Å². The van der Waals surface area contributed by atoms with Crippen LogP contribution in [0, 0.1) is 0 Å². The van der Waals surface area contributed by atoms with E-state index in [2.05, 4.69) is 37.6 Å². The number of amidine groups is 1. The van der Waals surface area contributed by atoms with Gasteiger partial charge in [-0.05, 0) is 26.7 Å². The maximum Gasteiger partial charge on any atom is 0.0957 e. The zero-order chi connectivity index (χ0) is 10.8. The molecule has 0 atom stereocenters. The molecule has 0 unspecified atom stereocenters. The molecule has 0 aliphatic heterocycles. The summed E-state index contributed by atoms with van der Waals surface area (Å²) in [5.74, 6) is 1.22. The van der Waals surface area contributed by atoms with Crippen LogP contribution in [0.1, 0.15) is 53.4 Å². The molecule has 0 spiro atoms. The predicted molar refractivity (Wildman–Crippen MR) is 65.0 cm³/mol. The molecule has 84 valence electrons. The van der Waals surface area contributed by atoms with E-state index in [0.717, 1.165) is 19.6 Å². The molecule has 2 heteroatoms. The topological polar surface area (TPSA) is 15.6 Å². The van der Waals surface area contributed by atoms with Gasteiger partial charge in [-0.2, -0.15) is 0 Å². The number of aliphatic imine (C=N–C) groups is 1. The van der Waals surface area contributed by atoms with E-state index in [1.54, 1.807) is 0 Å². The smallest absolute Gasteiger partial charge is 0.0957 e. The summed E-state index contributed by atoms with van der Waals surface area (Å²) in [7, 11) is 0. The Morgan fingerprint density at radius 2 is 1.71 bits per heavy atom. The van der Waals surface area contributed by atoms with Gasteiger partial charge >= 0.3 is 0 Å². The molecular formula is C12H26N2. The van der Waals surface area contributed by atoms with Gasteiger partial charge in [0, 0.05) is 19.6 Å². The lowest BCUT2D eigenvalue weighted by Crippen LogP contribution is -2.29. The number of hydrogen-bond acceptors (Lipinski definition) is 1. The highest BCUT2D eigenvalue weighted by Gasteiger charge is 2.02. The molecule has 0 saturated carbocycles.